The van der Waals surface area contributed by atoms with E-state index in [9.17, 15) is 4.79 Å². The predicted octanol–water partition coefficient (Wildman–Crippen LogP) is 4.92. The van der Waals surface area contributed by atoms with Crippen LogP contribution in [0.2, 0.25) is 0 Å². The van der Waals surface area contributed by atoms with Crippen LogP contribution in [-0.4, -0.2) is 23.5 Å². The first-order valence-corrected chi connectivity index (χ1v) is 9.72. The smallest absolute Gasteiger partial charge is 0.224 e. The Kier molecular flexibility index (Phi) is 5.20. The zero-order valence-corrected chi connectivity index (χ0v) is 16.3. The van der Waals surface area contributed by atoms with E-state index >= 15 is 0 Å². The first-order chi connectivity index (χ1) is 13.6. The molecular formula is C24H25NO3. The molecule has 2 heterocycles. The molecule has 1 aromatic heterocycles. The quantitative estimate of drug-likeness (QED) is 0.650. The largest absolute Gasteiger partial charge is 0.489 e. The van der Waals surface area contributed by atoms with Crippen LogP contribution >= 0.6 is 0 Å². The van der Waals surface area contributed by atoms with Crippen molar-refractivity contribution >= 4 is 5.91 Å². The Labute approximate surface area is 165 Å². The standard InChI is InChI=1S/C24H25NO3/c1-17-10-11-22-20(13-17)16-25(15-18(2)28-22)24(26)14-21(23-9-6-12-27-23)19-7-4-3-5-8-19/h3-13,18,21H,14-16H2,1-2H3. The molecule has 0 aliphatic carbocycles. The molecule has 0 radical (unpaired) electrons. The molecule has 28 heavy (non-hydrogen) atoms. The van der Waals surface area contributed by atoms with Crippen molar-refractivity contribution in [1.82, 2.24) is 4.90 Å². The maximum Gasteiger partial charge on any atom is 0.224 e. The van der Waals surface area contributed by atoms with Crippen molar-refractivity contribution in [3.05, 3.63) is 89.4 Å². The number of carbonyl (C=O) groups excluding carboxylic acids is 1. The Morgan fingerprint density at radius 3 is 2.71 bits per heavy atom. The van der Waals surface area contributed by atoms with Gasteiger partial charge in [-0.3, -0.25) is 4.79 Å². The molecule has 2 aromatic carbocycles. The minimum atomic E-state index is -0.0971. The van der Waals surface area contributed by atoms with Gasteiger partial charge in [-0.1, -0.05) is 48.0 Å². The average molecular weight is 375 g/mol. The van der Waals surface area contributed by atoms with E-state index in [4.69, 9.17) is 9.15 Å². The van der Waals surface area contributed by atoms with E-state index in [0.717, 1.165) is 22.6 Å². The highest BCUT2D eigenvalue weighted by Gasteiger charge is 2.28. The van der Waals surface area contributed by atoms with Crippen molar-refractivity contribution in [2.45, 2.75) is 38.8 Å². The van der Waals surface area contributed by atoms with E-state index in [1.54, 1.807) is 6.26 Å². The number of fused-ring (bicyclic) bond motifs is 1. The Morgan fingerprint density at radius 2 is 1.96 bits per heavy atom. The number of nitrogens with zero attached hydrogens (tertiary/aromatic N) is 1. The number of carbonyl (C=O) groups is 1. The van der Waals surface area contributed by atoms with Gasteiger partial charge in [0, 0.05) is 18.5 Å². The van der Waals surface area contributed by atoms with Crippen LogP contribution in [-0.2, 0) is 11.3 Å². The summed E-state index contributed by atoms with van der Waals surface area (Å²) in [5.74, 6) is 1.70. The van der Waals surface area contributed by atoms with Crippen LogP contribution in [0.5, 0.6) is 5.75 Å². The van der Waals surface area contributed by atoms with Crippen molar-refractivity contribution in [2.24, 2.45) is 0 Å². The topological polar surface area (TPSA) is 42.7 Å². The number of rotatable bonds is 4. The molecular weight excluding hydrogens is 350 g/mol. The van der Waals surface area contributed by atoms with Crippen molar-refractivity contribution in [1.29, 1.82) is 0 Å². The minimum Gasteiger partial charge on any atom is -0.489 e. The van der Waals surface area contributed by atoms with Crippen LogP contribution in [0, 0.1) is 6.92 Å². The molecule has 0 bridgehead atoms. The third kappa shape index (κ3) is 3.96. The second-order valence-corrected chi connectivity index (χ2v) is 7.50. The van der Waals surface area contributed by atoms with Crippen LogP contribution < -0.4 is 4.74 Å². The lowest BCUT2D eigenvalue weighted by molar-refractivity contribution is -0.132. The van der Waals surface area contributed by atoms with Crippen LogP contribution in [0.3, 0.4) is 0 Å². The zero-order chi connectivity index (χ0) is 19.5. The molecule has 1 aliphatic rings. The fourth-order valence-corrected chi connectivity index (χ4v) is 3.83. The first-order valence-electron chi connectivity index (χ1n) is 9.72. The summed E-state index contributed by atoms with van der Waals surface area (Å²) in [5.41, 5.74) is 3.31. The fourth-order valence-electron chi connectivity index (χ4n) is 3.83. The summed E-state index contributed by atoms with van der Waals surface area (Å²) in [6.45, 7) is 5.21. The number of benzene rings is 2. The van der Waals surface area contributed by atoms with Gasteiger partial charge in [0.2, 0.25) is 5.91 Å². The minimum absolute atomic E-state index is 0.0494. The second-order valence-electron chi connectivity index (χ2n) is 7.50. The Balaban J connectivity index is 1.59. The van der Waals surface area contributed by atoms with Crippen molar-refractivity contribution in [2.75, 3.05) is 6.54 Å². The van der Waals surface area contributed by atoms with Gasteiger partial charge >= 0.3 is 0 Å². The molecule has 0 saturated heterocycles. The zero-order valence-electron chi connectivity index (χ0n) is 16.3. The van der Waals surface area contributed by atoms with E-state index in [0.29, 0.717) is 19.5 Å². The van der Waals surface area contributed by atoms with E-state index in [1.165, 1.54) is 5.56 Å². The van der Waals surface area contributed by atoms with Gasteiger partial charge in [0.15, 0.2) is 0 Å². The van der Waals surface area contributed by atoms with Crippen LogP contribution in [0.1, 0.15) is 41.7 Å². The normalized spacial score (nSPS) is 17.4. The molecule has 0 saturated carbocycles. The SMILES string of the molecule is Cc1ccc2c(c1)CN(C(=O)CC(c1ccccc1)c1ccco1)CC(C)O2. The van der Waals surface area contributed by atoms with Gasteiger partial charge < -0.3 is 14.1 Å². The number of ether oxygens (including phenoxy) is 1. The van der Waals surface area contributed by atoms with E-state index in [2.05, 4.69) is 13.0 Å². The van der Waals surface area contributed by atoms with Gasteiger partial charge in [-0.15, -0.1) is 0 Å². The molecule has 0 N–H and O–H groups in total. The highest BCUT2D eigenvalue weighted by atomic mass is 16.5. The molecule has 4 heteroatoms. The Hall–Kier alpha value is -3.01. The lowest BCUT2D eigenvalue weighted by Crippen LogP contribution is -2.36. The highest BCUT2D eigenvalue weighted by Crippen LogP contribution is 2.31. The number of hydrogen-bond acceptors (Lipinski definition) is 3. The van der Waals surface area contributed by atoms with Crippen LogP contribution in [0.15, 0.2) is 71.3 Å². The summed E-state index contributed by atoms with van der Waals surface area (Å²) in [5, 5.41) is 0. The number of amides is 1. The molecule has 2 atom stereocenters. The van der Waals surface area contributed by atoms with E-state index in [1.807, 2.05) is 66.4 Å². The number of aryl methyl sites for hydroxylation is 1. The maximum absolute atomic E-state index is 13.3. The predicted molar refractivity (Wildman–Crippen MR) is 108 cm³/mol. The molecule has 2 unspecified atom stereocenters. The molecule has 1 amide bonds. The van der Waals surface area contributed by atoms with Gasteiger partial charge in [0.25, 0.3) is 0 Å². The lowest BCUT2D eigenvalue weighted by Gasteiger charge is -2.24. The summed E-state index contributed by atoms with van der Waals surface area (Å²) in [4.78, 5) is 15.2. The maximum atomic E-state index is 13.3. The monoisotopic (exact) mass is 375 g/mol. The molecule has 0 spiro atoms. The fraction of sp³-hybridized carbons (Fsp3) is 0.292. The van der Waals surface area contributed by atoms with Gasteiger partial charge in [-0.25, -0.2) is 0 Å². The van der Waals surface area contributed by atoms with Gasteiger partial charge in [-0.2, -0.15) is 0 Å². The third-order valence-corrected chi connectivity index (χ3v) is 5.20. The first kappa shape index (κ1) is 18.4. The Bertz CT molecular complexity index is 934. The van der Waals surface area contributed by atoms with Crippen molar-refractivity contribution in [3.63, 3.8) is 0 Å². The lowest BCUT2D eigenvalue weighted by atomic mass is 9.92. The van der Waals surface area contributed by atoms with Gasteiger partial charge in [0.1, 0.15) is 17.6 Å². The van der Waals surface area contributed by atoms with Gasteiger partial charge in [-0.05, 0) is 37.6 Å². The molecule has 4 nitrogen and oxygen atoms in total. The highest BCUT2D eigenvalue weighted by molar-refractivity contribution is 5.78. The summed E-state index contributed by atoms with van der Waals surface area (Å²) < 4.78 is 11.7. The molecule has 3 aromatic rings. The van der Waals surface area contributed by atoms with Crippen LogP contribution in [0.4, 0.5) is 0 Å². The summed E-state index contributed by atoms with van der Waals surface area (Å²) in [6, 6.07) is 20.0. The number of hydrogen-bond donors (Lipinski definition) is 0. The number of furan rings is 1. The van der Waals surface area contributed by atoms with E-state index < -0.39 is 0 Å². The van der Waals surface area contributed by atoms with Gasteiger partial charge in [0.05, 0.1) is 18.7 Å². The Morgan fingerprint density at radius 1 is 1.14 bits per heavy atom. The van der Waals surface area contributed by atoms with Crippen LogP contribution in [0.25, 0.3) is 0 Å². The summed E-state index contributed by atoms with van der Waals surface area (Å²) in [7, 11) is 0. The molecule has 0 fully saturated rings. The molecule has 144 valence electrons. The molecule has 4 rings (SSSR count). The summed E-state index contributed by atoms with van der Waals surface area (Å²) in [6.07, 6.45) is 1.98. The summed E-state index contributed by atoms with van der Waals surface area (Å²) >= 11 is 0. The van der Waals surface area contributed by atoms with Crippen molar-refractivity contribution < 1.29 is 13.9 Å². The molecule has 1 aliphatic heterocycles. The third-order valence-electron chi connectivity index (χ3n) is 5.20. The van der Waals surface area contributed by atoms with Crippen molar-refractivity contribution in [3.8, 4) is 5.75 Å². The average Bonchev–Trinajstić information content (AvgIpc) is 3.16. The second kappa shape index (κ2) is 7.93. The van der Waals surface area contributed by atoms with E-state index in [-0.39, 0.29) is 17.9 Å².